The van der Waals surface area contributed by atoms with Crippen molar-refractivity contribution in [3.8, 4) is 0 Å². The maximum absolute atomic E-state index is 13.1. The second-order valence-corrected chi connectivity index (χ2v) is 3.21. The van der Waals surface area contributed by atoms with E-state index >= 15 is 0 Å². The highest BCUT2D eigenvalue weighted by atomic mass is 35.5. The van der Waals surface area contributed by atoms with Crippen molar-refractivity contribution in [2.24, 2.45) is 0 Å². The normalized spacial score (nSPS) is 11.4. The molecular formula is C9H5ClF4O2. The van der Waals surface area contributed by atoms with E-state index in [2.05, 4.69) is 4.74 Å². The van der Waals surface area contributed by atoms with Gasteiger partial charge in [0.1, 0.15) is 11.4 Å². The summed E-state index contributed by atoms with van der Waals surface area (Å²) in [4.78, 5) is 11.0. The van der Waals surface area contributed by atoms with Crippen LogP contribution < -0.4 is 0 Å². The predicted octanol–water partition coefficient (Wildman–Crippen LogP) is 3.28. The largest absolute Gasteiger partial charge is 0.465 e. The zero-order chi connectivity index (χ0) is 12.5. The number of hydrogen-bond donors (Lipinski definition) is 0. The molecule has 88 valence electrons. The average molecular weight is 257 g/mol. The summed E-state index contributed by atoms with van der Waals surface area (Å²) in [6, 6.07) is 1.14. The molecule has 0 amide bonds. The molecule has 0 aliphatic rings. The first-order valence-corrected chi connectivity index (χ1v) is 4.29. The Morgan fingerprint density at radius 2 is 1.94 bits per heavy atom. The van der Waals surface area contributed by atoms with Crippen molar-refractivity contribution < 1.29 is 27.1 Å². The van der Waals surface area contributed by atoms with E-state index in [1.54, 1.807) is 0 Å². The molecule has 0 fully saturated rings. The van der Waals surface area contributed by atoms with Gasteiger partial charge in [-0.1, -0.05) is 11.6 Å². The lowest BCUT2D eigenvalue weighted by Gasteiger charge is -2.11. The summed E-state index contributed by atoms with van der Waals surface area (Å²) < 4.78 is 54.2. The lowest BCUT2D eigenvalue weighted by Crippen LogP contribution is -2.11. The van der Waals surface area contributed by atoms with Crippen LogP contribution in [0.2, 0.25) is 5.02 Å². The van der Waals surface area contributed by atoms with Gasteiger partial charge in [-0.3, -0.25) is 0 Å². The molecule has 0 aromatic heterocycles. The topological polar surface area (TPSA) is 26.3 Å². The molecule has 2 nitrogen and oxygen atoms in total. The molecule has 1 aromatic carbocycles. The van der Waals surface area contributed by atoms with Gasteiger partial charge in [-0.25, -0.2) is 9.18 Å². The maximum Gasteiger partial charge on any atom is 0.420 e. The van der Waals surface area contributed by atoms with Crippen LogP contribution in [0.3, 0.4) is 0 Å². The van der Waals surface area contributed by atoms with E-state index in [0.717, 1.165) is 7.11 Å². The van der Waals surface area contributed by atoms with Crippen molar-refractivity contribution in [2.75, 3.05) is 7.11 Å². The Hall–Kier alpha value is -1.30. The molecule has 0 saturated heterocycles. The Kier molecular flexibility index (Phi) is 3.42. The van der Waals surface area contributed by atoms with Crippen LogP contribution in [0.1, 0.15) is 15.9 Å². The minimum absolute atomic E-state index is 0.377. The fraction of sp³-hybridized carbons (Fsp3) is 0.222. The monoisotopic (exact) mass is 256 g/mol. The van der Waals surface area contributed by atoms with Gasteiger partial charge in [0, 0.05) is 0 Å². The number of rotatable bonds is 1. The van der Waals surface area contributed by atoms with Crippen molar-refractivity contribution in [3.05, 3.63) is 34.1 Å². The van der Waals surface area contributed by atoms with Gasteiger partial charge in [0.05, 0.1) is 17.7 Å². The highest BCUT2D eigenvalue weighted by Crippen LogP contribution is 2.37. The molecule has 0 atom stereocenters. The molecular weight excluding hydrogens is 252 g/mol. The maximum atomic E-state index is 13.1. The lowest BCUT2D eigenvalue weighted by molar-refractivity contribution is -0.139. The Morgan fingerprint density at radius 1 is 1.38 bits per heavy atom. The van der Waals surface area contributed by atoms with Crippen molar-refractivity contribution in [3.63, 3.8) is 0 Å². The zero-order valence-corrected chi connectivity index (χ0v) is 8.62. The van der Waals surface area contributed by atoms with Crippen molar-refractivity contribution in [2.45, 2.75) is 6.18 Å². The van der Waals surface area contributed by atoms with E-state index in [4.69, 9.17) is 11.6 Å². The third-order valence-electron chi connectivity index (χ3n) is 1.75. The number of methoxy groups -OCH3 is 1. The minimum Gasteiger partial charge on any atom is -0.465 e. The van der Waals surface area contributed by atoms with E-state index in [0.29, 0.717) is 12.1 Å². The summed E-state index contributed by atoms with van der Waals surface area (Å²) in [6.45, 7) is 0. The molecule has 0 spiro atoms. The number of halogens is 5. The second kappa shape index (κ2) is 4.29. The first kappa shape index (κ1) is 12.8. The summed E-state index contributed by atoms with van der Waals surface area (Å²) in [5.74, 6) is -2.57. The Labute approximate surface area is 92.8 Å². The van der Waals surface area contributed by atoms with Gasteiger partial charge in [-0.15, -0.1) is 0 Å². The number of benzene rings is 1. The van der Waals surface area contributed by atoms with Gasteiger partial charge in [0.25, 0.3) is 0 Å². The molecule has 0 heterocycles. The van der Waals surface area contributed by atoms with Crippen LogP contribution in [0, 0.1) is 5.82 Å². The van der Waals surface area contributed by atoms with Crippen LogP contribution in [0.25, 0.3) is 0 Å². The molecule has 1 aromatic rings. The van der Waals surface area contributed by atoms with E-state index in [1.165, 1.54) is 0 Å². The summed E-state index contributed by atoms with van der Waals surface area (Å²) in [6.07, 6.45) is -4.91. The van der Waals surface area contributed by atoms with Crippen LogP contribution in [0.15, 0.2) is 12.1 Å². The van der Waals surface area contributed by atoms with Crippen molar-refractivity contribution in [1.82, 2.24) is 0 Å². The predicted molar refractivity (Wildman–Crippen MR) is 47.8 cm³/mol. The number of hydrogen-bond acceptors (Lipinski definition) is 2. The van der Waals surface area contributed by atoms with Gasteiger partial charge >= 0.3 is 12.1 Å². The van der Waals surface area contributed by atoms with Crippen molar-refractivity contribution >= 4 is 17.6 Å². The molecule has 0 saturated carbocycles. The van der Waals surface area contributed by atoms with Gasteiger partial charge in [-0.2, -0.15) is 13.2 Å². The summed E-state index contributed by atoms with van der Waals surface area (Å²) >= 11 is 5.25. The van der Waals surface area contributed by atoms with Gasteiger partial charge < -0.3 is 4.74 Å². The van der Waals surface area contributed by atoms with Gasteiger partial charge in [0.2, 0.25) is 0 Å². The molecule has 7 heteroatoms. The SMILES string of the molecule is COC(=O)c1cc(F)c(C(F)(F)F)c(Cl)c1. The van der Waals surface area contributed by atoms with Crippen LogP contribution in [-0.2, 0) is 10.9 Å². The molecule has 16 heavy (non-hydrogen) atoms. The van der Waals surface area contributed by atoms with Gasteiger partial charge in [-0.05, 0) is 12.1 Å². The fourth-order valence-corrected chi connectivity index (χ4v) is 1.39. The Bertz CT molecular complexity index is 405. The molecule has 0 aliphatic carbocycles. The smallest absolute Gasteiger partial charge is 0.420 e. The third-order valence-corrected chi connectivity index (χ3v) is 2.04. The van der Waals surface area contributed by atoms with E-state index in [-0.39, 0.29) is 5.56 Å². The lowest BCUT2D eigenvalue weighted by atomic mass is 10.1. The third kappa shape index (κ3) is 2.44. The van der Waals surface area contributed by atoms with Crippen LogP contribution in [-0.4, -0.2) is 13.1 Å². The first-order valence-electron chi connectivity index (χ1n) is 3.92. The quantitative estimate of drug-likeness (QED) is 0.569. The van der Waals surface area contributed by atoms with Gasteiger partial charge in [0.15, 0.2) is 0 Å². The van der Waals surface area contributed by atoms with Crippen LogP contribution in [0.4, 0.5) is 17.6 Å². The molecule has 0 radical (unpaired) electrons. The second-order valence-electron chi connectivity index (χ2n) is 2.80. The van der Waals surface area contributed by atoms with Crippen LogP contribution >= 0.6 is 11.6 Å². The number of carbonyl (C=O) groups excluding carboxylic acids is 1. The standard InChI is InChI=1S/C9H5ClF4O2/c1-16-8(15)4-2-5(10)7(6(11)3-4)9(12,13)14/h2-3H,1H3. The van der Waals surface area contributed by atoms with Crippen LogP contribution in [0.5, 0.6) is 0 Å². The number of carbonyl (C=O) groups is 1. The molecule has 0 N–H and O–H groups in total. The molecule has 1 rings (SSSR count). The van der Waals surface area contributed by atoms with E-state index in [9.17, 15) is 22.4 Å². The van der Waals surface area contributed by atoms with Crippen molar-refractivity contribution in [1.29, 1.82) is 0 Å². The number of ether oxygens (including phenoxy) is 1. The highest BCUT2D eigenvalue weighted by molar-refractivity contribution is 6.31. The number of esters is 1. The van der Waals surface area contributed by atoms with E-state index < -0.39 is 28.5 Å². The zero-order valence-electron chi connectivity index (χ0n) is 7.86. The molecule has 0 aliphatic heterocycles. The Morgan fingerprint density at radius 3 is 2.31 bits per heavy atom. The first-order chi connectivity index (χ1) is 7.27. The summed E-state index contributed by atoms with van der Waals surface area (Å²) in [7, 11) is 1.02. The minimum atomic E-state index is -4.91. The average Bonchev–Trinajstić information content (AvgIpc) is 2.13. The fourth-order valence-electron chi connectivity index (χ4n) is 1.08. The summed E-state index contributed by atoms with van der Waals surface area (Å²) in [5.41, 5.74) is -1.97. The Balaban J connectivity index is 3.34. The molecule has 0 unspecified atom stereocenters. The summed E-state index contributed by atoms with van der Waals surface area (Å²) in [5, 5.41) is -0.882. The highest BCUT2D eigenvalue weighted by Gasteiger charge is 2.37. The van der Waals surface area contributed by atoms with E-state index in [1.807, 2.05) is 0 Å². The number of alkyl halides is 3. The molecule has 0 bridgehead atoms.